The summed E-state index contributed by atoms with van der Waals surface area (Å²) >= 11 is 0. The lowest BCUT2D eigenvalue weighted by Crippen LogP contribution is -2.10. The third-order valence-electron chi connectivity index (χ3n) is 5.37. The fourth-order valence-corrected chi connectivity index (χ4v) is 3.42. The van der Waals surface area contributed by atoms with Crippen LogP contribution in [-0.4, -0.2) is 21.1 Å². The Labute approximate surface area is 164 Å². The first kappa shape index (κ1) is 18.2. The Bertz CT molecular complexity index is 1080. The predicted octanol–water partition coefficient (Wildman–Crippen LogP) is 4.29. The molecule has 0 bridgehead atoms. The molecule has 2 N–H and O–H groups in total. The van der Waals surface area contributed by atoms with Gasteiger partial charge in [-0.15, -0.1) is 0 Å². The van der Waals surface area contributed by atoms with Gasteiger partial charge in [0.05, 0.1) is 5.69 Å². The van der Waals surface area contributed by atoms with Gasteiger partial charge in [0.25, 0.3) is 0 Å². The Morgan fingerprint density at radius 1 is 1.11 bits per heavy atom. The zero-order valence-electron chi connectivity index (χ0n) is 16.1. The average molecular weight is 373 g/mol. The number of aryl methyl sites for hydroxylation is 2. The molecular weight excluding hydrogens is 350 g/mol. The van der Waals surface area contributed by atoms with Gasteiger partial charge in [0.1, 0.15) is 12.1 Å². The van der Waals surface area contributed by atoms with Crippen LogP contribution in [0.2, 0.25) is 0 Å². The highest BCUT2D eigenvalue weighted by atomic mass is 16.1. The third kappa shape index (κ3) is 3.36. The van der Waals surface area contributed by atoms with Crippen molar-refractivity contribution in [1.82, 2.24) is 9.55 Å². The van der Waals surface area contributed by atoms with Crippen molar-refractivity contribution in [3.63, 3.8) is 0 Å². The summed E-state index contributed by atoms with van der Waals surface area (Å²) in [6.45, 7) is 3.84. The van der Waals surface area contributed by atoms with E-state index < -0.39 is 0 Å². The molecule has 2 aromatic carbocycles. The summed E-state index contributed by atoms with van der Waals surface area (Å²) in [7, 11) is 0. The van der Waals surface area contributed by atoms with Crippen molar-refractivity contribution in [1.29, 1.82) is 0 Å². The molecular formula is C23H23N3O2. The molecule has 1 aliphatic carbocycles. The lowest BCUT2D eigenvalue weighted by atomic mass is 10.0. The molecule has 1 heterocycles. The maximum absolute atomic E-state index is 12.9. The molecule has 3 aromatic rings. The van der Waals surface area contributed by atoms with Gasteiger partial charge in [-0.05, 0) is 49.8 Å². The molecule has 5 nitrogen and oxygen atoms in total. The summed E-state index contributed by atoms with van der Waals surface area (Å²) in [5.74, 6) is 0.767. The van der Waals surface area contributed by atoms with Crippen LogP contribution in [0.25, 0.3) is 5.69 Å². The average Bonchev–Trinajstić information content (AvgIpc) is 3.42. The lowest BCUT2D eigenvalue weighted by Gasteiger charge is -2.11. The van der Waals surface area contributed by atoms with Gasteiger partial charge >= 0.3 is 0 Å². The minimum Gasteiger partial charge on any atom is -0.383 e. The summed E-state index contributed by atoms with van der Waals surface area (Å²) in [5, 5.41) is 0. The van der Waals surface area contributed by atoms with E-state index in [9.17, 15) is 9.59 Å². The molecule has 142 valence electrons. The van der Waals surface area contributed by atoms with E-state index >= 15 is 0 Å². The SMILES string of the molecule is Cc1ccccc1C(=O)c1ncn(-c2cc(C(=O)CC3CC3)ccc2C)c1N. The number of imidazole rings is 1. The van der Waals surface area contributed by atoms with Gasteiger partial charge in [-0.3, -0.25) is 14.2 Å². The van der Waals surface area contributed by atoms with Crippen LogP contribution in [0.4, 0.5) is 5.82 Å². The van der Waals surface area contributed by atoms with E-state index in [0.29, 0.717) is 23.5 Å². The number of benzene rings is 2. The number of nitrogen functional groups attached to an aromatic ring is 1. The summed E-state index contributed by atoms with van der Waals surface area (Å²) in [5.41, 5.74) is 10.4. The van der Waals surface area contributed by atoms with Crippen molar-refractivity contribution < 1.29 is 9.59 Å². The van der Waals surface area contributed by atoms with Gasteiger partial charge in [-0.2, -0.15) is 0 Å². The highest BCUT2D eigenvalue weighted by Crippen LogP contribution is 2.34. The molecule has 4 rings (SSSR count). The number of anilines is 1. The molecule has 1 fully saturated rings. The van der Waals surface area contributed by atoms with Crippen LogP contribution in [0.3, 0.4) is 0 Å². The Hall–Kier alpha value is -3.21. The number of rotatable bonds is 6. The van der Waals surface area contributed by atoms with Crippen molar-refractivity contribution >= 4 is 17.4 Å². The quantitative estimate of drug-likeness (QED) is 0.654. The molecule has 0 spiro atoms. The number of carbonyl (C=O) groups is 2. The third-order valence-corrected chi connectivity index (χ3v) is 5.37. The highest BCUT2D eigenvalue weighted by molar-refractivity contribution is 6.11. The van der Waals surface area contributed by atoms with Crippen molar-refractivity contribution in [2.24, 2.45) is 5.92 Å². The Morgan fingerprint density at radius 2 is 1.86 bits per heavy atom. The fraction of sp³-hybridized carbons (Fsp3) is 0.261. The first-order valence-electron chi connectivity index (χ1n) is 9.53. The number of aromatic nitrogens is 2. The molecule has 0 amide bonds. The van der Waals surface area contributed by atoms with E-state index in [2.05, 4.69) is 4.98 Å². The standard InChI is InChI=1S/C23H23N3O2/c1-14-5-3-4-6-18(14)22(28)21-23(24)26(13-25-21)19-12-17(10-7-15(19)2)20(27)11-16-8-9-16/h3-7,10,12-13,16H,8-9,11,24H2,1-2H3. The van der Waals surface area contributed by atoms with E-state index in [4.69, 9.17) is 5.73 Å². The summed E-state index contributed by atoms with van der Waals surface area (Å²) < 4.78 is 1.69. The molecule has 28 heavy (non-hydrogen) atoms. The minimum absolute atomic E-state index is 0.152. The number of hydrogen-bond donors (Lipinski definition) is 1. The molecule has 0 radical (unpaired) electrons. The van der Waals surface area contributed by atoms with Gasteiger partial charge in [-0.1, -0.05) is 36.4 Å². The Balaban J connectivity index is 1.70. The second-order valence-corrected chi connectivity index (χ2v) is 7.56. The van der Waals surface area contributed by atoms with Crippen LogP contribution in [-0.2, 0) is 0 Å². The van der Waals surface area contributed by atoms with E-state index in [1.54, 1.807) is 17.0 Å². The van der Waals surface area contributed by atoms with Crippen LogP contribution >= 0.6 is 0 Å². The molecule has 0 unspecified atom stereocenters. The van der Waals surface area contributed by atoms with E-state index in [-0.39, 0.29) is 23.1 Å². The zero-order chi connectivity index (χ0) is 19.8. The molecule has 5 heteroatoms. The number of hydrogen-bond acceptors (Lipinski definition) is 4. The fourth-order valence-electron chi connectivity index (χ4n) is 3.42. The van der Waals surface area contributed by atoms with Crippen molar-refractivity contribution in [2.45, 2.75) is 33.1 Å². The first-order chi connectivity index (χ1) is 13.5. The monoisotopic (exact) mass is 373 g/mol. The molecule has 1 aliphatic rings. The first-order valence-corrected chi connectivity index (χ1v) is 9.53. The van der Waals surface area contributed by atoms with Crippen molar-refractivity contribution in [3.05, 3.63) is 76.7 Å². The molecule has 0 aliphatic heterocycles. The normalized spacial score (nSPS) is 13.5. The second-order valence-electron chi connectivity index (χ2n) is 7.56. The molecule has 0 saturated heterocycles. The number of Topliss-reactive ketones (excluding diaryl/α,β-unsaturated/α-hetero) is 1. The van der Waals surface area contributed by atoms with Crippen LogP contribution in [0.1, 0.15) is 56.8 Å². The predicted molar refractivity (Wildman–Crippen MR) is 109 cm³/mol. The topological polar surface area (TPSA) is 78.0 Å². The van der Waals surface area contributed by atoms with Gasteiger partial charge in [0.15, 0.2) is 11.5 Å². The van der Waals surface area contributed by atoms with E-state index in [1.165, 1.54) is 0 Å². The van der Waals surface area contributed by atoms with Crippen LogP contribution < -0.4 is 5.73 Å². The summed E-state index contributed by atoms with van der Waals surface area (Å²) in [6.07, 6.45) is 4.43. The highest BCUT2D eigenvalue weighted by Gasteiger charge is 2.25. The van der Waals surface area contributed by atoms with Crippen LogP contribution in [0.15, 0.2) is 48.8 Å². The number of nitrogens with two attached hydrogens (primary N) is 1. The van der Waals surface area contributed by atoms with Crippen molar-refractivity contribution in [2.75, 3.05) is 5.73 Å². The smallest absolute Gasteiger partial charge is 0.215 e. The maximum atomic E-state index is 12.9. The molecule has 1 saturated carbocycles. The summed E-state index contributed by atoms with van der Waals surface area (Å²) in [4.78, 5) is 29.7. The maximum Gasteiger partial charge on any atom is 0.215 e. The number of ketones is 2. The molecule has 1 aromatic heterocycles. The van der Waals surface area contributed by atoms with Gasteiger partial charge < -0.3 is 5.73 Å². The van der Waals surface area contributed by atoms with E-state index in [1.807, 2.05) is 50.2 Å². The minimum atomic E-state index is -0.201. The lowest BCUT2D eigenvalue weighted by molar-refractivity contribution is 0.0975. The van der Waals surface area contributed by atoms with Gasteiger partial charge in [0.2, 0.25) is 5.78 Å². The zero-order valence-corrected chi connectivity index (χ0v) is 16.1. The van der Waals surface area contributed by atoms with Gasteiger partial charge in [0, 0.05) is 17.5 Å². The van der Waals surface area contributed by atoms with Crippen LogP contribution in [0.5, 0.6) is 0 Å². The number of carbonyl (C=O) groups excluding carboxylic acids is 2. The Kier molecular flexibility index (Phi) is 4.59. The van der Waals surface area contributed by atoms with E-state index in [0.717, 1.165) is 29.7 Å². The van der Waals surface area contributed by atoms with Crippen LogP contribution in [0, 0.1) is 19.8 Å². The van der Waals surface area contributed by atoms with Crippen molar-refractivity contribution in [3.8, 4) is 5.69 Å². The summed E-state index contributed by atoms with van der Waals surface area (Å²) in [6, 6.07) is 13.0. The number of nitrogens with zero attached hydrogens (tertiary/aromatic N) is 2. The second kappa shape index (κ2) is 7.08. The largest absolute Gasteiger partial charge is 0.383 e. The van der Waals surface area contributed by atoms with Gasteiger partial charge in [-0.25, -0.2) is 4.98 Å². The Morgan fingerprint density at radius 3 is 2.57 bits per heavy atom. The molecule has 0 atom stereocenters.